The molecular formula is C10H13O2-. The zero-order chi connectivity index (χ0) is 8.72. The highest BCUT2D eigenvalue weighted by Gasteiger charge is 2.36. The van der Waals surface area contributed by atoms with E-state index >= 15 is 0 Å². The Balaban J connectivity index is 2.29. The molecule has 0 heterocycles. The van der Waals surface area contributed by atoms with Crippen LogP contribution in [-0.2, 0) is 4.79 Å². The lowest BCUT2D eigenvalue weighted by molar-refractivity contribution is -0.317. The van der Waals surface area contributed by atoms with Gasteiger partial charge in [-0.25, -0.2) is 0 Å². The molecule has 0 aromatic carbocycles. The van der Waals surface area contributed by atoms with E-state index in [1.807, 2.05) is 0 Å². The van der Waals surface area contributed by atoms with E-state index in [-0.39, 0.29) is 23.4 Å². The van der Waals surface area contributed by atoms with Crippen molar-refractivity contribution in [3.63, 3.8) is 0 Å². The van der Waals surface area contributed by atoms with Gasteiger partial charge in [0.2, 0.25) is 0 Å². The summed E-state index contributed by atoms with van der Waals surface area (Å²) in [5.74, 6) is 0.381. The smallest absolute Gasteiger partial charge is 0.161 e. The van der Waals surface area contributed by atoms with Crippen LogP contribution in [0.5, 0.6) is 0 Å². The highest BCUT2D eigenvalue weighted by molar-refractivity contribution is 6.00. The molecule has 2 atom stereocenters. The van der Waals surface area contributed by atoms with Gasteiger partial charge in [-0.15, -0.1) is 5.76 Å². The molecule has 2 aliphatic carbocycles. The molecule has 2 nitrogen and oxygen atoms in total. The van der Waals surface area contributed by atoms with Crippen LogP contribution in [-0.4, -0.2) is 5.78 Å². The number of fused-ring (bicyclic) bond motifs is 1. The molecule has 0 radical (unpaired) electrons. The summed E-state index contributed by atoms with van der Waals surface area (Å²) >= 11 is 0. The van der Waals surface area contributed by atoms with Crippen molar-refractivity contribution >= 4 is 5.78 Å². The van der Waals surface area contributed by atoms with Crippen molar-refractivity contribution in [3.05, 3.63) is 11.3 Å². The Labute approximate surface area is 72.3 Å². The molecule has 0 N–H and O–H groups in total. The molecule has 0 aliphatic heterocycles. The number of carbonyl (C=O) groups is 1. The van der Waals surface area contributed by atoms with E-state index in [1.165, 1.54) is 0 Å². The SMILES string of the molecule is CC1=C([O-])C2CCCCC2C1=O. The van der Waals surface area contributed by atoms with Gasteiger partial charge < -0.3 is 5.11 Å². The maximum atomic E-state index is 11.5. The minimum atomic E-state index is 0.0613. The average Bonchev–Trinajstić information content (AvgIpc) is 2.33. The summed E-state index contributed by atoms with van der Waals surface area (Å²) in [4.78, 5) is 11.5. The van der Waals surface area contributed by atoms with Gasteiger partial charge in [-0.05, 0) is 31.3 Å². The van der Waals surface area contributed by atoms with Crippen molar-refractivity contribution in [2.24, 2.45) is 11.8 Å². The summed E-state index contributed by atoms with van der Waals surface area (Å²) in [6, 6.07) is 0. The number of rotatable bonds is 0. The fourth-order valence-corrected chi connectivity index (χ4v) is 2.44. The molecule has 12 heavy (non-hydrogen) atoms. The molecule has 0 aromatic rings. The van der Waals surface area contributed by atoms with E-state index in [4.69, 9.17) is 0 Å². The standard InChI is InChI=1S/C10H14O2/c1-6-9(11)7-4-2-3-5-8(7)10(6)12/h7-8,11H,2-5H2,1H3/p-1. The Kier molecular flexibility index (Phi) is 1.71. The monoisotopic (exact) mass is 165 g/mol. The second-order valence-electron chi connectivity index (χ2n) is 3.85. The van der Waals surface area contributed by atoms with Gasteiger partial charge in [0.05, 0.1) is 0 Å². The summed E-state index contributed by atoms with van der Waals surface area (Å²) in [7, 11) is 0. The molecule has 2 aliphatic rings. The first kappa shape index (κ1) is 7.84. The first-order valence-corrected chi connectivity index (χ1v) is 4.64. The Morgan fingerprint density at radius 2 is 1.83 bits per heavy atom. The van der Waals surface area contributed by atoms with Gasteiger partial charge in [-0.2, -0.15) is 0 Å². The Hall–Kier alpha value is -0.790. The maximum Gasteiger partial charge on any atom is 0.161 e. The summed E-state index contributed by atoms with van der Waals surface area (Å²) in [6.07, 6.45) is 4.11. The van der Waals surface area contributed by atoms with Gasteiger partial charge in [0.15, 0.2) is 5.78 Å². The summed E-state index contributed by atoms with van der Waals surface area (Å²) in [6.45, 7) is 1.68. The van der Waals surface area contributed by atoms with Gasteiger partial charge in [-0.1, -0.05) is 12.8 Å². The quantitative estimate of drug-likeness (QED) is 0.537. The second kappa shape index (κ2) is 2.61. The second-order valence-corrected chi connectivity index (χ2v) is 3.85. The Bertz CT molecular complexity index is 253. The van der Waals surface area contributed by atoms with Crippen LogP contribution in [0.15, 0.2) is 11.3 Å². The minimum Gasteiger partial charge on any atom is -0.875 e. The predicted octanol–water partition coefficient (Wildman–Crippen LogP) is 1.01. The van der Waals surface area contributed by atoms with Crippen molar-refractivity contribution in [2.75, 3.05) is 0 Å². The van der Waals surface area contributed by atoms with E-state index in [9.17, 15) is 9.90 Å². The van der Waals surface area contributed by atoms with Gasteiger partial charge >= 0.3 is 0 Å². The lowest BCUT2D eigenvalue weighted by atomic mass is 9.80. The van der Waals surface area contributed by atoms with E-state index in [0.29, 0.717) is 5.57 Å². The molecule has 1 fully saturated rings. The summed E-state index contributed by atoms with van der Waals surface area (Å²) < 4.78 is 0. The molecule has 1 saturated carbocycles. The molecule has 0 spiro atoms. The van der Waals surface area contributed by atoms with Crippen molar-refractivity contribution in [3.8, 4) is 0 Å². The fourth-order valence-electron chi connectivity index (χ4n) is 2.44. The molecular weight excluding hydrogens is 152 g/mol. The Morgan fingerprint density at radius 1 is 1.25 bits per heavy atom. The molecule has 0 aromatic heterocycles. The van der Waals surface area contributed by atoms with Crippen LogP contribution in [0.4, 0.5) is 0 Å². The van der Waals surface area contributed by atoms with Crippen molar-refractivity contribution in [2.45, 2.75) is 32.6 Å². The summed E-state index contributed by atoms with van der Waals surface area (Å²) in [5, 5.41) is 11.5. The van der Waals surface area contributed by atoms with Crippen LogP contribution in [0.1, 0.15) is 32.6 Å². The van der Waals surface area contributed by atoms with Gasteiger partial charge in [0.25, 0.3) is 0 Å². The van der Waals surface area contributed by atoms with E-state index in [0.717, 1.165) is 25.7 Å². The van der Waals surface area contributed by atoms with Crippen molar-refractivity contribution < 1.29 is 9.90 Å². The lowest BCUT2D eigenvalue weighted by Gasteiger charge is -2.28. The number of allylic oxidation sites excluding steroid dienone is 2. The van der Waals surface area contributed by atoms with E-state index < -0.39 is 0 Å². The van der Waals surface area contributed by atoms with Crippen LogP contribution in [0.3, 0.4) is 0 Å². The zero-order valence-electron chi connectivity index (χ0n) is 7.30. The number of ketones is 1. The third-order valence-corrected chi connectivity index (χ3v) is 3.18. The lowest BCUT2D eigenvalue weighted by Crippen LogP contribution is -2.24. The van der Waals surface area contributed by atoms with Gasteiger partial charge in [0.1, 0.15) is 0 Å². The molecule has 0 bridgehead atoms. The van der Waals surface area contributed by atoms with Crippen LogP contribution in [0, 0.1) is 11.8 Å². The molecule has 2 heteroatoms. The fraction of sp³-hybridized carbons (Fsp3) is 0.700. The third-order valence-electron chi connectivity index (χ3n) is 3.18. The average molecular weight is 165 g/mol. The van der Waals surface area contributed by atoms with Crippen LogP contribution < -0.4 is 5.11 Å². The Morgan fingerprint density at radius 3 is 2.42 bits per heavy atom. The summed E-state index contributed by atoms with van der Waals surface area (Å²) in [5.41, 5.74) is 0.506. The topological polar surface area (TPSA) is 40.1 Å². The van der Waals surface area contributed by atoms with E-state index in [2.05, 4.69) is 0 Å². The van der Waals surface area contributed by atoms with Crippen LogP contribution in [0.25, 0.3) is 0 Å². The molecule has 0 saturated heterocycles. The number of hydrogen-bond donors (Lipinski definition) is 0. The molecule has 2 unspecified atom stereocenters. The number of carbonyl (C=O) groups excluding carboxylic acids is 1. The first-order chi connectivity index (χ1) is 5.72. The minimum absolute atomic E-state index is 0.0613. The van der Waals surface area contributed by atoms with Gasteiger partial charge in [0, 0.05) is 5.92 Å². The predicted molar refractivity (Wildman–Crippen MR) is 43.2 cm³/mol. The first-order valence-electron chi connectivity index (χ1n) is 4.64. The highest BCUT2D eigenvalue weighted by atomic mass is 16.3. The zero-order valence-corrected chi connectivity index (χ0v) is 7.30. The molecule has 0 amide bonds. The number of hydrogen-bond acceptors (Lipinski definition) is 2. The highest BCUT2D eigenvalue weighted by Crippen LogP contribution is 2.40. The molecule has 66 valence electrons. The van der Waals surface area contributed by atoms with Crippen LogP contribution >= 0.6 is 0 Å². The molecule has 2 rings (SSSR count). The van der Waals surface area contributed by atoms with Gasteiger partial charge in [-0.3, -0.25) is 4.79 Å². The number of Topliss-reactive ketones (excluding diaryl/α,β-unsaturated/α-hetero) is 1. The largest absolute Gasteiger partial charge is 0.875 e. The third kappa shape index (κ3) is 0.904. The normalized spacial score (nSPS) is 35.6. The van der Waals surface area contributed by atoms with Crippen molar-refractivity contribution in [1.82, 2.24) is 0 Å². The van der Waals surface area contributed by atoms with Crippen LogP contribution in [0.2, 0.25) is 0 Å². The van der Waals surface area contributed by atoms with Crippen molar-refractivity contribution in [1.29, 1.82) is 0 Å². The maximum absolute atomic E-state index is 11.5. The van der Waals surface area contributed by atoms with E-state index in [1.54, 1.807) is 6.92 Å².